The molecular formula is C18H21ClN2. The number of hydrogen-bond acceptors (Lipinski definition) is 2. The first-order valence-corrected chi connectivity index (χ1v) is 7.97. The molecule has 1 atom stereocenters. The number of benzene rings is 2. The normalized spacial score (nSPS) is 18.1. The zero-order valence-electron chi connectivity index (χ0n) is 12.1. The molecule has 1 saturated heterocycles. The van der Waals surface area contributed by atoms with E-state index in [1.165, 1.54) is 17.5 Å². The summed E-state index contributed by atoms with van der Waals surface area (Å²) in [6.07, 6.45) is 1.19. The summed E-state index contributed by atoms with van der Waals surface area (Å²) in [6, 6.07) is 19.3. The molecule has 1 heterocycles. The number of nitrogens with one attached hydrogen (secondary N) is 1. The second kappa shape index (κ2) is 7.08. The summed E-state index contributed by atoms with van der Waals surface area (Å²) in [7, 11) is 0. The molecule has 2 aromatic rings. The molecule has 1 aliphatic heterocycles. The molecule has 0 bridgehead atoms. The number of hydrogen-bond donors (Lipinski definition) is 1. The van der Waals surface area contributed by atoms with Crippen molar-refractivity contribution in [1.82, 2.24) is 10.2 Å². The van der Waals surface area contributed by atoms with Crippen LogP contribution < -0.4 is 5.32 Å². The van der Waals surface area contributed by atoms with Gasteiger partial charge in [0.15, 0.2) is 0 Å². The van der Waals surface area contributed by atoms with Gasteiger partial charge in [-0.1, -0.05) is 54.1 Å². The Labute approximate surface area is 131 Å². The molecule has 2 nitrogen and oxygen atoms in total. The second-order valence-electron chi connectivity index (χ2n) is 5.50. The van der Waals surface area contributed by atoms with Crippen LogP contribution in [0.15, 0.2) is 54.6 Å². The topological polar surface area (TPSA) is 15.3 Å². The molecule has 110 valence electrons. The SMILES string of the molecule is Clc1ccc([C@@H](c2ccccc2)N2CCCNCC2)cc1. The third-order valence-corrected chi connectivity index (χ3v) is 4.29. The average Bonchev–Trinajstić information content (AvgIpc) is 2.80. The van der Waals surface area contributed by atoms with E-state index in [1.54, 1.807) is 0 Å². The molecule has 1 fully saturated rings. The van der Waals surface area contributed by atoms with Crippen LogP contribution in [0.25, 0.3) is 0 Å². The summed E-state index contributed by atoms with van der Waals surface area (Å²) >= 11 is 6.05. The Hall–Kier alpha value is -1.35. The van der Waals surface area contributed by atoms with Crippen LogP contribution in [-0.4, -0.2) is 31.1 Å². The van der Waals surface area contributed by atoms with Gasteiger partial charge in [0.1, 0.15) is 0 Å². The third-order valence-electron chi connectivity index (χ3n) is 4.04. The van der Waals surface area contributed by atoms with Gasteiger partial charge < -0.3 is 5.32 Å². The van der Waals surface area contributed by atoms with Crippen molar-refractivity contribution in [2.45, 2.75) is 12.5 Å². The first-order valence-electron chi connectivity index (χ1n) is 7.60. The predicted molar refractivity (Wildman–Crippen MR) is 88.8 cm³/mol. The van der Waals surface area contributed by atoms with Crippen LogP contribution in [0, 0.1) is 0 Å². The minimum absolute atomic E-state index is 0.309. The lowest BCUT2D eigenvalue weighted by Crippen LogP contribution is -2.33. The standard InChI is InChI=1S/C18H21ClN2/c19-17-9-7-16(8-10-17)18(15-5-2-1-3-6-15)21-13-4-11-20-12-14-21/h1-3,5-10,18,20H,4,11-14H2/t18-/m1/s1. The first-order chi connectivity index (χ1) is 10.3. The average molecular weight is 301 g/mol. The predicted octanol–water partition coefficient (Wildman–Crippen LogP) is 3.72. The first kappa shape index (κ1) is 14.6. The van der Waals surface area contributed by atoms with Crippen molar-refractivity contribution in [2.24, 2.45) is 0 Å². The number of nitrogens with zero attached hydrogens (tertiary/aromatic N) is 1. The van der Waals surface area contributed by atoms with E-state index in [2.05, 4.69) is 52.7 Å². The lowest BCUT2D eigenvalue weighted by molar-refractivity contribution is 0.241. The lowest BCUT2D eigenvalue weighted by Gasteiger charge is -2.31. The summed E-state index contributed by atoms with van der Waals surface area (Å²) in [5, 5.41) is 4.28. The summed E-state index contributed by atoms with van der Waals surface area (Å²) in [5.41, 5.74) is 2.66. The van der Waals surface area contributed by atoms with Gasteiger partial charge in [0.25, 0.3) is 0 Å². The Morgan fingerprint density at radius 3 is 2.33 bits per heavy atom. The lowest BCUT2D eigenvalue weighted by atomic mass is 9.97. The molecule has 0 aliphatic carbocycles. The fourth-order valence-corrected chi connectivity index (χ4v) is 3.15. The van der Waals surface area contributed by atoms with E-state index in [9.17, 15) is 0 Å². The van der Waals surface area contributed by atoms with Gasteiger partial charge in [-0.25, -0.2) is 0 Å². The minimum Gasteiger partial charge on any atom is -0.315 e. The maximum Gasteiger partial charge on any atom is 0.0602 e. The van der Waals surface area contributed by atoms with E-state index in [4.69, 9.17) is 11.6 Å². The fourth-order valence-electron chi connectivity index (χ4n) is 3.02. The molecule has 2 aromatic carbocycles. The molecule has 21 heavy (non-hydrogen) atoms. The molecule has 0 saturated carbocycles. The summed E-state index contributed by atoms with van der Waals surface area (Å²) in [4.78, 5) is 2.57. The van der Waals surface area contributed by atoms with Crippen molar-refractivity contribution >= 4 is 11.6 Å². The van der Waals surface area contributed by atoms with Crippen LogP contribution in [0.4, 0.5) is 0 Å². The molecule has 0 radical (unpaired) electrons. The minimum atomic E-state index is 0.309. The van der Waals surface area contributed by atoms with Crippen molar-refractivity contribution in [3.8, 4) is 0 Å². The van der Waals surface area contributed by atoms with Gasteiger partial charge in [-0.2, -0.15) is 0 Å². The highest BCUT2D eigenvalue weighted by Crippen LogP contribution is 2.29. The van der Waals surface area contributed by atoms with Crippen molar-refractivity contribution in [3.05, 3.63) is 70.7 Å². The van der Waals surface area contributed by atoms with Crippen LogP contribution in [0.2, 0.25) is 5.02 Å². The van der Waals surface area contributed by atoms with Crippen LogP contribution in [0.1, 0.15) is 23.6 Å². The second-order valence-corrected chi connectivity index (χ2v) is 5.94. The highest BCUT2D eigenvalue weighted by atomic mass is 35.5. The summed E-state index contributed by atoms with van der Waals surface area (Å²) in [6.45, 7) is 4.35. The van der Waals surface area contributed by atoms with Gasteiger partial charge in [0.05, 0.1) is 6.04 Å². The van der Waals surface area contributed by atoms with Gasteiger partial charge in [-0.15, -0.1) is 0 Å². The maximum absolute atomic E-state index is 6.05. The maximum atomic E-state index is 6.05. The van der Waals surface area contributed by atoms with Gasteiger partial charge in [-0.3, -0.25) is 4.90 Å². The number of halogens is 1. The fraction of sp³-hybridized carbons (Fsp3) is 0.333. The molecule has 0 aromatic heterocycles. The molecular weight excluding hydrogens is 280 g/mol. The Bertz CT molecular complexity index is 545. The van der Waals surface area contributed by atoms with Crippen LogP contribution in [0.5, 0.6) is 0 Å². The van der Waals surface area contributed by atoms with Crippen LogP contribution in [0.3, 0.4) is 0 Å². The van der Waals surface area contributed by atoms with E-state index < -0.39 is 0 Å². The largest absolute Gasteiger partial charge is 0.315 e. The van der Waals surface area contributed by atoms with Gasteiger partial charge >= 0.3 is 0 Å². The van der Waals surface area contributed by atoms with E-state index in [1.807, 2.05) is 12.1 Å². The monoisotopic (exact) mass is 300 g/mol. The molecule has 0 amide bonds. The van der Waals surface area contributed by atoms with E-state index in [0.717, 1.165) is 31.2 Å². The van der Waals surface area contributed by atoms with Crippen molar-refractivity contribution in [1.29, 1.82) is 0 Å². The highest BCUT2D eigenvalue weighted by Gasteiger charge is 2.22. The Morgan fingerprint density at radius 2 is 1.57 bits per heavy atom. The Kier molecular flexibility index (Phi) is 4.91. The van der Waals surface area contributed by atoms with Crippen LogP contribution >= 0.6 is 11.6 Å². The zero-order valence-corrected chi connectivity index (χ0v) is 12.9. The summed E-state index contributed by atoms with van der Waals surface area (Å²) < 4.78 is 0. The Balaban J connectivity index is 1.95. The van der Waals surface area contributed by atoms with Crippen molar-refractivity contribution in [3.63, 3.8) is 0 Å². The molecule has 1 aliphatic rings. The number of rotatable bonds is 3. The molecule has 3 heteroatoms. The van der Waals surface area contributed by atoms with Crippen molar-refractivity contribution < 1.29 is 0 Å². The molecule has 3 rings (SSSR count). The van der Waals surface area contributed by atoms with Crippen molar-refractivity contribution in [2.75, 3.05) is 26.2 Å². The third kappa shape index (κ3) is 3.65. The van der Waals surface area contributed by atoms with E-state index in [0.29, 0.717) is 6.04 Å². The van der Waals surface area contributed by atoms with Gasteiger partial charge in [-0.05, 0) is 36.2 Å². The van der Waals surface area contributed by atoms with E-state index in [-0.39, 0.29) is 0 Å². The highest BCUT2D eigenvalue weighted by molar-refractivity contribution is 6.30. The summed E-state index contributed by atoms with van der Waals surface area (Å²) in [5.74, 6) is 0. The Morgan fingerprint density at radius 1 is 0.857 bits per heavy atom. The van der Waals surface area contributed by atoms with E-state index >= 15 is 0 Å². The van der Waals surface area contributed by atoms with Crippen LogP contribution in [-0.2, 0) is 0 Å². The zero-order chi connectivity index (χ0) is 14.5. The van der Waals surface area contributed by atoms with Gasteiger partial charge in [0.2, 0.25) is 0 Å². The molecule has 0 unspecified atom stereocenters. The van der Waals surface area contributed by atoms with Gasteiger partial charge in [0, 0.05) is 24.7 Å². The molecule has 0 spiro atoms. The molecule has 1 N–H and O–H groups in total. The quantitative estimate of drug-likeness (QED) is 0.929. The smallest absolute Gasteiger partial charge is 0.0602 e.